The Morgan fingerprint density at radius 3 is 2.50 bits per heavy atom. The van der Waals surface area contributed by atoms with E-state index in [-0.39, 0.29) is 36.7 Å². The standard InChI is InChI=1S/C24H22ClN3O4/c25-17-6-3-14(4-7-17)21(13-1-2-13)27-22(30)15-5-8-18-16(11-15)12-28(24(18)32)19-9-10-20(29)26-23(19)31/h3-8,11,13,19,21H,1-2,9-10,12H2,(H,27,30)(H,26,29,31). The summed E-state index contributed by atoms with van der Waals surface area (Å²) in [5, 5.41) is 6.09. The number of fused-ring (bicyclic) bond motifs is 1. The van der Waals surface area contributed by atoms with E-state index in [2.05, 4.69) is 10.6 Å². The van der Waals surface area contributed by atoms with E-state index in [1.165, 1.54) is 4.90 Å². The van der Waals surface area contributed by atoms with Gasteiger partial charge in [0.2, 0.25) is 11.8 Å². The van der Waals surface area contributed by atoms with Crippen LogP contribution in [0.1, 0.15) is 63.6 Å². The molecule has 7 nitrogen and oxygen atoms in total. The van der Waals surface area contributed by atoms with Crippen LogP contribution in [0.2, 0.25) is 5.02 Å². The highest BCUT2D eigenvalue weighted by atomic mass is 35.5. The van der Waals surface area contributed by atoms with Crippen molar-refractivity contribution in [3.63, 3.8) is 0 Å². The molecule has 0 spiro atoms. The molecule has 2 atom stereocenters. The molecule has 0 bridgehead atoms. The van der Waals surface area contributed by atoms with Gasteiger partial charge in [0.05, 0.1) is 6.04 Å². The van der Waals surface area contributed by atoms with Gasteiger partial charge in [0.25, 0.3) is 11.8 Å². The molecular formula is C24H22ClN3O4. The highest BCUT2D eigenvalue weighted by Crippen LogP contribution is 2.41. The Labute approximate surface area is 190 Å². The molecule has 2 fully saturated rings. The first-order valence-corrected chi connectivity index (χ1v) is 11.1. The summed E-state index contributed by atoms with van der Waals surface area (Å²) in [6, 6.07) is 11.8. The summed E-state index contributed by atoms with van der Waals surface area (Å²) in [6.07, 6.45) is 2.64. The van der Waals surface area contributed by atoms with Crippen LogP contribution in [0.4, 0.5) is 0 Å². The second kappa shape index (κ2) is 8.06. The van der Waals surface area contributed by atoms with E-state index in [0.717, 1.165) is 18.4 Å². The third-order valence-electron chi connectivity index (χ3n) is 6.39. The maximum Gasteiger partial charge on any atom is 0.255 e. The average Bonchev–Trinajstić information content (AvgIpc) is 3.56. The number of hydrogen-bond donors (Lipinski definition) is 2. The molecule has 3 aliphatic rings. The summed E-state index contributed by atoms with van der Waals surface area (Å²) >= 11 is 6.00. The zero-order valence-corrected chi connectivity index (χ0v) is 18.0. The Kier molecular flexibility index (Phi) is 5.21. The average molecular weight is 452 g/mol. The molecule has 5 rings (SSSR count). The van der Waals surface area contributed by atoms with Crippen molar-refractivity contribution < 1.29 is 19.2 Å². The number of carbonyl (C=O) groups excluding carboxylic acids is 4. The molecule has 4 amide bonds. The number of amides is 4. The Balaban J connectivity index is 1.33. The summed E-state index contributed by atoms with van der Waals surface area (Å²) < 4.78 is 0. The van der Waals surface area contributed by atoms with Gasteiger partial charge in [-0.1, -0.05) is 23.7 Å². The van der Waals surface area contributed by atoms with Crippen molar-refractivity contribution in [3.05, 3.63) is 69.7 Å². The van der Waals surface area contributed by atoms with E-state index in [9.17, 15) is 19.2 Å². The molecule has 8 heteroatoms. The Bertz CT molecular complexity index is 1130. The number of hydrogen-bond acceptors (Lipinski definition) is 4. The lowest BCUT2D eigenvalue weighted by Gasteiger charge is -2.29. The van der Waals surface area contributed by atoms with Crippen molar-refractivity contribution in [1.82, 2.24) is 15.5 Å². The quantitative estimate of drug-likeness (QED) is 0.683. The van der Waals surface area contributed by atoms with Crippen LogP contribution >= 0.6 is 11.6 Å². The van der Waals surface area contributed by atoms with Crippen molar-refractivity contribution in [2.45, 2.75) is 44.3 Å². The molecule has 2 aromatic carbocycles. The van der Waals surface area contributed by atoms with Crippen molar-refractivity contribution in [3.8, 4) is 0 Å². The summed E-state index contributed by atoms with van der Waals surface area (Å²) in [6.45, 7) is 0.241. The number of carbonyl (C=O) groups is 4. The summed E-state index contributed by atoms with van der Waals surface area (Å²) in [4.78, 5) is 51.0. The molecule has 164 valence electrons. The minimum absolute atomic E-state index is 0.0883. The predicted octanol–water partition coefficient (Wildman–Crippen LogP) is 2.98. The van der Waals surface area contributed by atoms with Gasteiger partial charge in [-0.25, -0.2) is 0 Å². The number of halogens is 1. The fourth-order valence-corrected chi connectivity index (χ4v) is 4.64. The van der Waals surface area contributed by atoms with E-state index in [1.807, 2.05) is 24.3 Å². The van der Waals surface area contributed by atoms with E-state index in [1.54, 1.807) is 18.2 Å². The van der Waals surface area contributed by atoms with E-state index in [0.29, 0.717) is 34.1 Å². The molecule has 0 radical (unpaired) electrons. The van der Waals surface area contributed by atoms with Crippen molar-refractivity contribution in [2.75, 3.05) is 0 Å². The Morgan fingerprint density at radius 2 is 1.81 bits per heavy atom. The summed E-state index contributed by atoms with van der Waals surface area (Å²) in [7, 11) is 0. The summed E-state index contributed by atoms with van der Waals surface area (Å²) in [5.74, 6) is -0.819. The van der Waals surface area contributed by atoms with Crippen LogP contribution in [-0.4, -0.2) is 34.6 Å². The van der Waals surface area contributed by atoms with Crippen LogP contribution < -0.4 is 10.6 Å². The van der Waals surface area contributed by atoms with Crippen LogP contribution in [0, 0.1) is 5.92 Å². The van der Waals surface area contributed by atoms with Crippen LogP contribution in [-0.2, 0) is 16.1 Å². The molecule has 2 aromatic rings. The molecule has 1 aliphatic carbocycles. The first-order valence-electron chi connectivity index (χ1n) is 10.7. The fourth-order valence-electron chi connectivity index (χ4n) is 4.51. The molecule has 1 saturated carbocycles. The van der Waals surface area contributed by atoms with Gasteiger partial charge in [-0.05, 0) is 66.6 Å². The van der Waals surface area contributed by atoms with Gasteiger partial charge in [-0.3, -0.25) is 24.5 Å². The largest absolute Gasteiger partial charge is 0.345 e. The van der Waals surface area contributed by atoms with Gasteiger partial charge in [0.15, 0.2) is 0 Å². The van der Waals surface area contributed by atoms with Gasteiger partial charge in [-0.15, -0.1) is 0 Å². The van der Waals surface area contributed by atoms with Gasteiger partial charge in [0.1, 0.15) is 6.04 Å². The lowest BCUT2D eigenvalue weighted by atomic mass is 10.0. The molecular weight excluding hydrogens is 430 g/mol. The van der Waals surface area contributed by atoms with Crippen LogP contribution in [0.25, 0.3) is 0 Å². The van der Waals surface area contributed by atoms with Gasteiger partial charge in [0, 0.05) is 29.1 Å². The number of nitrogens with one attached hydrogen (secondary N) is 2. The molecule has 2 aliphatic heterocycles. The molecule has 32 heavy (non-hydrogen) atoms. The van der Waals surface area contributed by atoms with Crippen molar-refractivity contribution in [2.24, 2.45) is 5.92 Å². The van der Waals surface area contributed by atoms with Gasteiger partial charge in [-0.2, -0.15) is 0 Å². The monoisotopic (exact) mass is 451 g/mol. The predicted molar refractivity (Wildman–Crippen MR) is 117 cm³/mol. The highest BCUT2D eigenvalue weighted by molar-refractivity contribution is 6.30. The molecule has 2 heterocycles. The number of piperidine rings is 1. The minimum Gasteiger partial charge on any atom is -0.345 e. The summed E-state index contributed by atoms with van der Waals surface area (Å²) in [5.41, 5.74) is 2.69. The third kappa shape index (κ3) is 3.88. The molecule has 0 aromatic heterocycles. The molecule has 2 unspecified atom stereocenters. The van der Waals surface area contributed by atoms with E-state index in [4.69, 9.17) is 11.6 Å². The second-order valence-electron chi connectivity index (χ2n) is 8.61. The lowest BCUT2D eigenvalue weighted by Crippen LogP contribution is -2.52. The number of benzene rings is 2. The first kappa shape index (κ1) is 20.7. The first-order chi connectivity index (χ1) is 15.4. The second-order valence-corrected chi connectivity index (χ2v) is 9.05. The van der Waals surface area contributed by atoms with Gasteiger partial charge >= 0.3 is 0 Å². The molecule has 2 N–H and O–H groups in total. The lowest BCUT2D eigenvalue weighted by molar-refractivity contribution is -0.136. The maximum atomic E-state index is 13.0. The van der Waals surface area contributed by atoms with Crippen molar-refractivity contribution in [1.29, 1.82) is 0 Å². The van der Waals surface area contributed by atoms with Gasteiger partial charge < -0.3 is 10.2 Å². The normalized spacial score (nSPS) is 21.2. The third-order valence-corrected chi connectivity index (χ3v) is 6.65. The molecule has 1 saturated heterocycles. The number of nitrogens with zero attached hydrogens (tertiary/aromatic N) is 1. The van der Waals surface area contributed by atoms with Crippen LogP contribution in [0.3, 0.4) is 0 Å². The van der Waals surface area contributed by atoms with E-state index >= 15 is 0 Å². The zero-order valence-electron chi connectivity index (χ0n) is 17.3. The Hall–Kier alpha value is -3.19. The number of rotatable bonds is 5. The minimum atomic E-state index is -0.672. The highest BCUT2D eigenvalue weighted by Gasteiger charge is 2.39. The van der Waals surface area contributed by atoms with E-state index < -0.39 is 11.9 Å². The zero-order chi connectivity index (χ0) is 22.4. The smallest absolute Gasteiger partial charge is 0.255 e. The SMILES string of the molecule is O=C1CCC(N2Cc3cc(C(=O)NC(c4ccc(Cl)cc4)C4CC4)ccc3C2=O)C(=O)N1. The number of imide groups is 1. The Morgan fingerprint density at radius 1 is 1.06 bits per heavy atom. The van der Waals surface area contributed by atoms with Crippen LogP contribution in [0.5, 0.6) is 0 Å². The maximum absolute atomic E-state index is 13.0. The fraction of sp³-hybridized carbons (Fsp3) is 0.333. The van der Waals surface area contributed by atoms with Crippen molar-refractivity contribution >= 4 is 35.2 Å². The topological polar surface area (TPSA) is 95.6 Å². The van der Waals surface area contributed by atoms with Crippen LogP contribution in [0.15, 0.2) is 42.5 Å².